The van der Waals surface area contributed by atoms with Crippen molar-refractivity contribution in [3.63, 3.8) is 0 Å². The number of imidazole rings is 1. The van der Waals surface area contributed by atoms with E-state index in [-0.39, 0.29) is 0 Å². The van der Waals surface area contributed by atoms with Gasteiger partial charge in [-0.25, -0.2) is 9.55 Å². The molecule has 0 spiro atoms. The second-order valence-corrected chi connectivity index (χ2v) is 12.2. The van der Waals surface area contributed by atoms with Gasteiger partial charge in [0.05, 0.1) is 23.8 Å². The average molecular weight is 583 g/mol. The van der Waals surface area contributed by atoms with Gasteiger partial charge in [-0.05, 0) is 80.6 Å². The molecule has 0 aliphatic carbocycles. The molecule has 0 aliphatic rings. The molecule has 216 valence electrons. The Morgan fingerprint density at radius 2 is 1.02 bits per heavy atom. The molecule has 45 heavy (non-hydrogen) atoms. The van der Waals surface area contributed by atoms with Gasteiger partial charge in [-0.2, -0.15) is 4.57 Å². The molecule has 5 nitrogen and oxygen atoms in total. The molecule has 5 heteroatoms. The van der Waals surface area contributed by atoms with Crippen LogP contribution < -0.4 is 4.57 Å². The molecule has 0 aliphatic heterocycles. The van der Waals surface area contributed by atoms with Crippen molar-refractivity contribution < 1.29 is 4.57 Å². The Hall–Kier alpha value is -5.68. The van der Waals surface area contributed by atoms with Gasteiger partial charge in [-0.15, -0.1) is 0 Å². The maximum atomic E-state index is 5.55. The van der Waals surface area contributed by atoms with E-state index in [1.165, 1.54) is 49.7 Å². The third kappa shape index (κ3) is 3.67. The fourth-order valence-corrected chi connectivity index (χ4v) is 7.21. The summed E-state index contributed by atoms with van der Waals surface area (Å²) in [5, 5.41) is 4.77. The second-order valence-electron chi connectivity index (χ2n) is 12.2. The molecule has 0 fully saturated rings. The Labute approximate surface area is 260 Å². The van der Waals surface area contributed by atoms with Crippen molar-refractivity contribution in [2.24, 2.45) is 7.05 Å². The predicted octanol–water partition coefficient (Wildman–Crippen LogP) is 8.97. The number of hydrogen-bond acceptors (Lipinski definition) is 1. The second kappa shape index (κ2) is 9.41. The first-order valence-corrected chi connectivity index (χ1v) is 15.5. The molecule has 0 saturated carbocycles. The zero-order valence-corrected chi connectivity index (χ0v) is 25.8. The molecule has 9 rings (SSSR count). The van der Waals surface area contributed by atoms with Crippen LogP contribution in [0.5, 0.6) is 0 Å². The zero-order chi connectivity index (χ0) is 30.4. The summed E-state index contributed by atoms with van der Waals surface area (Å²) in [6.07, 6.45) is 0. The van der Waals surface area contributed by atoms with Crippen LogP contribution in [0.3, 0.4) is 0 Å². The normalized spacial score (nSPS) is 12.0. The lowest BCUT2D eigenvalue weighted by Crippen LogP contribution is -2.30. The van der Waals surface area contributed by atoms with Gasteiger partial charge in [0.1, 0.15) is 17.0 Å². The van der Waals surface area contributed by atoms with Crippen LogP contribution in [0.25, 0.3) is 72.0 Å². The highest BCUT2D eigenvalue weighted by Gasteiger charge is 2.23. The highest BCUT2D eigenvalue weighted by molar-refractivity contribution is 6.16. The Kier molecular flexibility index (Phi) is 5.39. The molecular formula is C40H32N5+. The van der Waals surface area contributed by atoms with Gasteiger partial charge in [0.25, 0.3) is 5.82 Å². The zero-order valence-electron chi connectivity index (χ0n) is 25.8. The van der Waals surface area contributed by atoms with Crippen molar-refractivity contribution in [1.29, 1.82) is 0 Å². The number of benzene rings is 5. The van der Waals surface area contributed by atoms with Crippen LogP contribution in [0, 0.1) is 20.8 Å². The minimum Gasteiger partial charge on any atom is -0.294 e. The summed E-state index contributed by atoms with van der Waals surface area (Å²) in [5.74, 6) is 1.17. The minimum atomic E-state index is 0.955. The molecule has 9 aromatic rings. The van der Waals surface area contributed by atoms with Crippen LogP contribution in [-0.2, 0) is 7.05 Å². The van der Waals surface area contributed by atoms with Gasteiger partial charge in [-0.3, -0.25) is 9.13 Å². The van der Waals surface area contributed by atoms with Crippen LogP contribution in [0.2, 0.25) is 0 Å². The van der Waals surface area contributed by atoms with Gasteiger partial charge in [-0.1, -0.05) is 59.7 Å². The van der Waals surface area contributed by atoms with Gasteiger partial charge in [0.15, 0.2) is 11.0 Å². The highest BCUT2D eigenvalue weighted by atomic mass is 15.2. The van der Waals surface area contributed by atoms with Crippen molar-refractivity contribution in [2.45, 2.75) is 20.8 Å². The SMILES string of the molecule is Cc1ccc2c(c1)c1cc3c4cc(C)ccc4n(-c4cccc(-n5c(C)[n+](C)c6ccccc65)c4)c3nc1n2-c1ccccc1. The van der Waals surface area contributed by atoms with Crippen LogP contribution in [0.4, 0.5) is 0 Å². The summed E-state index contributed by atoms with van der Waals surface area (Å²) < 4.78 is 9.25. The van der Waals surface area contributed by atoms with Crippen LogP contribution in [0.15, 0.2) is 121 Å². The predicted molar refractivity (Wildman–Crippen MR) is 185 cm³/mol. The van der Waals surface area contributed by atoms with E-state index < -0.39 is 0 Å². The van der Waals surface area contributed by atoms with E-state index in [0.29, 0.717) is 0 Å². The molecule has 0 unspecified atom stereocenters. The fourth-order valence-electron chi connectivity index (χ4n) is 7.21. The van der Waals surface area contributed by atoms with Gasteiger partial charge in [0, 0.05) is 40.2 Å². The number of para-hydroxylation sites is 3. The molecule has 0 saturated heterocycles. The van der Waals surface area contributed by atoms with Gasteiger partial charge >= 0.3 is 0 Å². The van der Waals surface area contributed by atoms with Crippen molar-refractivity contribution in [3.05, 3.63) is 138 Å². The van der Waals surface area contributed by atoms with Crippen molar-refractivity contribution in [1.82, 2.24) is 18.7 Å². The van der Waals surface area contributed by atoms with Gasteiger partial charge < -0.3 is 0 Å². The maximum absolute atomic E-state index is 5.55. The molecule has 4 heterocycles. The Balaban J connectivity index is 1.39. The first-order chi connectivity index (χ1) is 22.0. The van der Waals surface area contributed by atoms with E-state index in [9.17, 15) is 0 Å². The van der Waals surface area contributed by atoms with E-state index in [4.69, 9.17) is 4.98 Å². The van der Waals surface area contributed by atoms with Crippen molar-refractivity contribution >= 4 is 54.9 Å². The first-order valence-electron chi connectivity index (χ1n) is 15.5. The summed E-state index contributed by atoms with van der Waals surface area (Å²) in [7, 11) is 2.13. The number of nitrogens with zero attached hydrogens (tertiary/aromatic N) is 5. The average Bonchev–Trinajstić information content (AvgIpc) is 3.64. The van der Waals surface area contributed by atoms with E-state index in [1.807, 2.05) is 0 Å². The lowest BCUT2D eigenvalue weighted by atomic mass is 10.1. The summed E-state index contributed by atoms with van der Waals surface area (Å²) in [6, 6.07) is 43.8. The number of aryl methyl sites for hydroxylation is 3. The van der Waals surface area contributed by atoms with Crippen LogP contribution in [-0.4, -0.2) is 18.7 Å². The molecule has 4 aromatic heterocycles. The topological polar surface area (TPSA) is 31.6 Å². The molecule has 0 atom stereocenters. The lowest BCUT2D eigenvalue weighted by Gasteiger charge is -2.10. The third-order valence-corrected chi connectivity index (χ3v) is 9.43. The molecular weight excluding hydrogens is 550 g/mol. The molecule has 0 amide bonds. The largest absolute Gasteiger partial charge is 0.294 e. The summed E-state index contributed by atoms with van der Waals surface area (Å²) in [4.78, 5) is 5.55. The van der Waals surface area contributed by atoms with Crippen LogP contribution in [0.1, 0.15) is 17.0 Å². The summed E-state index contributed by atoms with van der Waals surface area (Å²) >= 11 is 0. The van der Waals surface area contributed by atoms with E-state index in [1.54, 1.807) is 0 Å². The number of aromatic nitrogens is 5. The van der Waals surface area contributed by atoms with E-state index in [2.05, 4.69) is 167 Å². The molecule has 0 radical (unpaired) electrons. The first kappa shape index (κ1) is 25.8. The fraction of sp³-hybridized carbons (Fsp3) is 0.100. The summed E-state index contributed by atoms with van der Waals surface area (Å²) in [5.41, 5.74) is 12.4. The number of rotatable bonds is 3. The molecule has 0 N–H and O–H groups in total. The Morgan fingerprint density at radius 3 is 1.69 bits per heavy atom. The summed E-state index contributed by atoms with van der Waals surface area (Å²) in [6.45, 7) is 6.51. The van der Waals surface area contributed by atoms with Gasteiger partial charge in [0.2, 0.25) is 0 Å². The van der Waals surface area contributed by atoms with Crippen molar-refractivity contribution in [3.8, 4) is 17.1 Å². The quantitative estimate of drug-likeness (QED) is 0.191. The molecule has 0 bridgehead atoms. The number of hydrogen-bond donors (Lipinski definition) is 0. The van der Waals surface area contributed by atoms with E-state index >= 15 is 0 Å². The van der Waals surface area contributed by atoms with Crippen LogP contribution >= 0.6 is 0 Å². The Bertz CT molecular complexity index is 2630. The third-order valence-electron chi connectivity index (χ3n) is 9.43. The van der Waals surface area contributed by atoms with E-state index in [0.717, 1.165) is 39.3 Å². The standard InChI is InChI=1S/C40H32N5/c1-25-17-19-35-31(21-25)33-24-34-32-22-26(2)18-20-36(32)45(40(34)41-39(33)44(35)28-11-6-5-7-12-28)30-14-10-13-29(23-30)43-27(3)42(4)37-15-8-9-16-38(37)43/h5-24H,1-4H3/q+1. The highest BCUT2D eigenvalue weighted by Crippen LogP contribution is 2.38. The smallest absolute Gasteiger partial charge is 0.259 e. The maximum Gasteiger partial charge on any atom is 0.259 e. The number of pyridine rings is 1. The Morgan fingerprint density at radius 1 is 0.467 bits per heavy atom. The molecule has 5 aromatic carbocycles. The number of fused-ring (bicyclic) bond motifs is 7. The monoisotopic (exact) mass is 582 g/mol. The lowest BCUT2D eigenvalue weighted by molar-refractivity contribution is -0.652. The van der Waals surface area contributed by atoms with Crippen molar-refractivity contribution in [2.75, 3.05) is 0 Å². The minimum absolute atomic E-state index is 0.955.